The highest BCUT2D eigenvalue weighted by Gasteiger charge is 2.19. The van der Waals surface area contributed by atoms with Crippen molar-refractivity contribution < 1.29 is 22.3 Å². The monoisotopic (exact) mass is 420 g/mol. The minimum atomic E-state index is -3.86. The maximum atomic E-state index is 13.2. The highest BCUT2D eigenvalue weighted by Crippen LogP contribution is 2.26. The number of hydrogen-bond acceptors (Lipinski definition) is 5. The van der Waals surface area contributed by atoms with E-state index in [0.717, 1.165) is 16.9 Å². The summed E-state index contributed by atoms with van der Waals surface area (Å²) in [6.07, 6.45) is 0. The van der Waals surface area contributed by atoms with Gasteiger partial charge in [0.25, 0.3) is 5.91 Å². The Morgan fingerprint density at radius 2 is 1.93 bits per heavy atom. The molecule has 0 aliphatic carbocycles. The number of thiophene rings is 1. The Kier molecular flexibility index (Phi) is 5.78. The van der Waals surface area contributed by atoms with Crippen LogP contribution < -0.4 is 15.2 Å². The van der Waals surface area contributed by atoms with E-state index >= 15 is 0 Å². The second-order valence-corrected chi connectivity index (χ2v) is 8.86. The third-order valence-corrected chi connectivity index (χ3v) is 6.42. The van der Waals surface area contributed by atoms with Gasteiger partial charge in [-0.3, -0.25) is 4.79 Å². The minimum absolute atomic E-state index is 0.0626. The summed E-state index contributed by atoms with van der Waals surface area (Å²) in [5.41, 5.74) is 1.82. The number of ether oxygens (including phenoxy) is 1. The van der Waals surface area contributed by atoms with Crippen LogP contribution in [0.5, 0.6) is 5.75 Å². The van der Waals surface area contributed by atoms with Crippen molar-refractivity contribution in [2.24, 2.45) is 5.14 Å². The molecule has 1 amide bonds. The van der Waals surface area contributed by atoms with Gasteiger partial charge in [0.2, 0.25) is 10.0 Å². The molecular formula is C19H17FN2O4S2. The number of nitrogens with one attached hydrogen (secondary N) is 1. The summed E-state index contributed by atoms with van der Waals surface area (Å²) in [6, 6.07) is 14.2. The van der Waals surface area contributed by atoms with E-state index in [1.165, 1.54) is 18.2 Å². The smallest absolute Gasteiger partial charge is 0.266 e. The molecule has 0 fully saturated rings. The Balaban J connectivity index is 1.70. The average molecular weight is 420 g/mol. The molecule has 28 heavy (non-hydrogen) atoms. The van der Waals surface area contributed by atoms with E-state index in [1.54, 1.807) is 37.3 Å². The van der Waals surface area contributed by atoms with E-state index in [2.05, 4.69) is 5.32 Å². The van der Waals surface area contributed by atoms with E-state index < -0.39 is 15.9 Å². The molecule has 9 heteroatoms. The van der Waals surface area contributed by atoms with Crippen molar-refractivity contribution in [2.75, 3.05) is 5.32 Å². The number of anilines is 1. The van der Waals surface area contributed by atoms with Gasteiger partial charge in [-0.1, -0.05) is 18.2 Å². The fourth-order valence-corrected chi connectivity index (χ4v) is 4.32. The molecule has 3 rings (SSSR count). The molecule has 0 spiro atoms. The van der Waals surface area contributed by atoms with Crippen molar-refractivity contribution >= 4 is 33.0 Å². The number of carbonyl (C=O) groups excluding carboxylic acids is 1. The summed E-state index contributed by atoms with van der Waals surface area (Å²) >= 11 is 0.822. The van der Waals surface area contributed by atoms with Crippen LogP contribution in [0.25, 0.3) is 0 Å². The highest BCUT2D eigenvalue weighted by atomic mass is 32.2. The Labute approximate surface area is 165 Å². The van der Waals surface area contributed by atoms with Crippen LogP contribution in [0.4, 0.5) is 10.1 Å². The Morgan fingerprint density at radius 3 is 2.61 bits per heavy atom. The van der Waals surface area contributed by atoms with E-state index in [-0.39, 0.29) is 21.5 Å². The lowest BCUT2D eigenvalue weighted by Gasteiger charge is -2.09. The summed E-state index contributed by atoms with van der Waals surface area (Å²) < 4.78 is 41.6. The van der Waals surface area contributed by atoms with Crippen LogP contribution in [-0.2, 0) is 16.6 Å². The standard InChI is InChI=1S/C19H17FN2O4S2/c1-12-8-17(28(21,24)25)27-18(12)19(23)22-15-6-2-4-13(9-15)11-26-16-7-3-5-14(20)10-16/h2-10H,11H2,1H3,(H,22,23)(H2,21,24,25). The average Bonchev–Trinajstić information content (AvgIpc) is 3.03. The van der Waals surface area contributed by atoms with Crippen LogP contribution >= 0.6 is 11.3 Å². The molecule has 0 unspecified atom stereocenters. The fourth-order valence-electron chi connectivity index (χ4n) is 2.47. The van der Waals surface area contributed by atoms with Gasteiger partial charge in [0, 0.05) is 11.8 Å². The topological polar surface area (TPSA) is 98.5 Å². The fraction of sp³-hybridized carbons (Fsp3) is 0.105. The molecule has 1 aromatic heterocycles. The quantitative estimate of drug-likeness (QED) is 0.636. The van der Waals surface area contributed by atoms with Gasteiger partial charge in [0.1, 0.15) is 22.4 Å². The number of hydrogen-bond donors (Lipinski definition) is 2. The van der Waals surface area contributed by atoms with Crippen LogP contribution in [0.2, 0.25) is 0 Å². The number of halogens is 1. The number of carbonyl (C=O) groups is 1. The highest BCUT2D eigenvalue weighted by molar-refractivity contribution is 7.91. The van der Waals surface area contributed by atoms with Gasteiger partial charge >= 0.3 is 0 Å². The summed E-state index contributed by atoms with van der Waals surface area (Å²) in [7, 11) is -3.86. The van der Waals surface area contributed by atoms with Gasteiger partial charge < -0.3 is 10.1 Å². The number of nitrogens with two attached hydrogens (primary N) is 1. The largest absolute Gasteiger partial charge is 0.489 e. The molecular weight excluding hydrogens is 403 g/mol. The first-order valence-corrected chi connectivity index (χ1v) is 10.5. The van der Waals surface area contributed by atoms with Crippen LogP contribution in [0, 0.1) is 12.7 Å². The van der Waals surface area contributed by atoms with Gasteiger partial charge in [0.05, 0.1) is 4.88 Å². The first kappa shape index (κ1) is 20.0. The summed E-state index contributed by atoms with van der Waals surface area (Å²) in [5, 5.41) is 7.85. The minimum Gasteiger partial charge on any atom is -0.489 e. The van der Waals surface area contributed by atoms with Crippen molar-refractivity contribution in [1.29, 1.82) is 0 Å². The molecule has 0 radical (unpaired) electrons. The summed E-state index contributed by atoms with van der Waals surface area (Å²) in [6.45, 7) is 1.84. The third-order valence-electron chi connectivity index (χ3n) is 3.77. The molecule has 3 N–H and O–H groups in total. The molecule has 146 valence electrons. The number of primary sulfonamides is 1. The number of amides is 1. The molecule has 0 aliphatic rings. The predicted octanol–water partition coefficient (Wildman–Crippen LogP) is 3.67. The number of sulfonamides is 1. The SMILES string of the molecule is Cc1cc(S(N)(=O)=O)sc1C(=O)Nc1cccc(COc2cccc(F)c2)c1. The number of rotatable bonds is 6. The van der Waals surface area contributed by atoms with Gasteiger partial charge in [-0.2, -0.15) is 0 Å². The van der Waals surface area contributed by atoms with Crippen LogP contribution in [0.3, 0.4) is 0 Å². The van der Waals surface area contributed by atoms with Gasteiger partial charge in [-0.25, -0.2) is 17.9 Å². The summed E-state index contributed by atoms with van der Waals surface area (Å²) in [5.74, 6) is -0.413. The molecule has 0 atom stereocenters. The van der Waals surface area contributed by atoms with Gasteiger partial charge in [0.15, 0.2) is 0 Å². The molecule has 6 nitrogen and oxygen atoms in total. The van der Waals surface area contributed by atoms with Crippen LogP contribution in [0.1, 0.15) is 20.8 Å². The van der Waals surface area contributed by atoms with Crippen molar-refractivity contribution in [1.82, 2.24) is 0 Å². The maximum absolute atomic E-state index is 13.2. The molecule has 0 aliphatic heterocycles. The first-order valence-electron chi connectivity index (χ1n) is 8.14. The second-order valence-electron chi connectivity index (χ2n) is 6.02. The van der Waals surface area contributed by atoms with Crippen LogP contribution in [0.15, 0.2) is 58.8 Å². The van der Waals surface area contributed by atoms with E-state index in [0.29, 0.717) is 17.0 Å². The zero-order valence-electron chi connectivity index (χ0n) is 14.8. The Morgan fingerprint density at radius 1 is 1.18 bits per heavy atom. The maximum Gasteiger partial charge on any atom is 0.266 e. The van der Waals surface area contributed by atoms with Gasteiger partial charge in [-0.15, -0.1) is 11.3 Å². The Hall–Kier alpha value is -2.75. The molecule has 0 saturated carbocycles. The molecule has 0 saturated heterocycles. The van der Waals surface area contributed by atoms with Gasteiger partial charge in [-0.05, 0) is 48.4 Å². The van der Waals surface area contributed by atoms with Crippen molar-refractivity contribution in [2.45, 2.75) is 17.7 Å². The molecule has 1 heterocycles. The summed E-state index contributed by atoms with van der Waals surface area (Å²) in [4.78, 5) is 12.8. The molecule has 2 aromatic carbocycles. The lowest BCUT2D eigenvalue weighted by molar-refractivity contribution is 0.103. The van der Waals surface area contributed by atoms with Crippen molar-refractivity contribution in [3.05, 3.63) is 76.4 Å². The third kappa shape index (κ3) is 4.94. The second kappa shape index (κ2) is 8.09. The predicted molar refractivity (Wildman–Crippen MR) is 106 cm³/mol. The molecule has 0 bridgehead atoms. The van der Waals surface area contributed by atoms with Crippen molar-refractivity contribution in [3.8, 4) is 5.75 Å². The van der Waals surface area contributed by atoms with Crippen molar-refractivity contribution in [3.63, 3.8) is 0 Å². The Bertz CT molecular complexity index is 1130. The van der Waals surface area contributed by atoms with E-state index in [1.807, 2.05) is 6.07 Å². The zero-order valence-corrected chi connectivity index (χ0v) is 16.4. The lowest BCUT2D eigenvalue weighted by atomic mass is 10.2. The van der Waals surface area contributed by atoms with E-state index in [4.69, 9.17) is 9.88 Å². The number of benzene rings is 2. The molecule has 3 aromatic rings. The zero-order chi connectivity index (χ0) is 20.3. The lowest BCUT2D eigenvalue weighted by Crippen LogP contribution is -2.12. The van der Waals surface area contributed by atoms with E-state index in [9.17, 15) is 17.6 Å². The first-order chi connectivity index (χ1) is 13.2. The normalized spacial score (nSPS) is 11.2. The number of aryl methyl sites for hydroxylation is 1. The van der Waals surface area contributed by atoms with Crippen LogP contribution in [-0.4, -0.2) is 14.3 Å².